The van der Waals surface area contributed by atoms with Crippen molar-refractivity contribution in [2.75, 3.05) is 58.2 Å². The molecule has 0 saturated carbocycles. The summed E-state index contributed by atoms with van der Waals surface area (Å²) in [6.45, 7) is 4.38. The average molecular weight is 456 g/mol. The minimum absolute atomic E-state index is 0.0612. The van der Waals surface area contributed by atoms with Crippen LogP contribution in [0.3, 0.4) is 0 Å². The van der Waals surface area contributed by atoms with Crippen molar-refractivity contribution in [2.24, 2.45) is 0 Å². The van der Waals surface area contributed by atoms with Gasteiger partial charge < -0.3 is 34.1 Å². The highest BCUT2D eigenvalue weighted by Gasteiger charge is 2.04. The van der Waals surface area contributed by atoms with Crippen molar-refractivity contribution < 1.29 is 43.2 Å². The van der Waals surface area contributed by atoms with E-state index in [9.17, 15) is 14.4 Å². The zero-order chi connectivity index (χ0) is 23.4. The molecule has 180 valence electrons. The average Bonchev–Trinajstić information content (AvgIpc) is 2.75. The summed E-state index contributed by atoms with van der Waals surface area (Å²) in [6.07, 6.45) is 1.24. The van der Waals surface area contributed by atoms with Gasteiger partial charge in [0.1, 0.15) is 19.0 Å². The third-order valence-corrected chi connectivity index (χ3v) is 3.93. The summed E-state index contributed by atoms with van der Waals surface area (Å²) in [7, 11) is 0. The van der Waals surface area contributed by atoms with Gasteiger partial charge in [-0.25, -0.2) is 0 Å². The Morgan fingerprint density at radius 3 is 1.88 bits per heavy atom. The lowest BCUT2D eigenvalue weighted by Crippen LogP contribution is -2.15. The summed E-state index contributed by atoms with van der Waals surface area (Å²) in [4.78, 5) is 32.7. The maximum atomic E-state index is 11.4. The summed E-state index contributed by atoms with van der Waals surface area (Å²) >= 11 is 0. The van der Waals surface area contributed by atoms with Gasteiger partial charge in [0.05, 0.1) is 39.6 Å². The fourth-order valence-electron chi connectivity index (χ4n) is 2.43. The predicted molar refractivity (Wildman–Crippen MR) is 116 cm³/mol. The van der Waals surface area contributed by atoms with E-state index in [0.717, 1.165) is 0 Å². The number of anilines is 1. The molecule has 0 aliphatic carbocycles. The van der Waals surface area contributed by atoms with Crippen LogP contribution < -0.4 is 10.1 Å². The Morgan fingerprint density at radius 1 is 0.781 bits per heavy atom. The van der Waals surface area contributed by atoms with Crippen LogP contribution in [0.1, 0.15) is 32.6 Å². The van der Waals surface area contributed by atoms with Crippen molar-refractivity contribution in [2.45, 2.75) is 32.6 Å². The Morgan fingerprint density at radius 2 is 1.31 bits per heavy atom. The largest absolute Gasteiger partial charge is 0.491 e. The molecular weight excluding hydrogens is 422 g/mol. The summed E-state index contributed by atoms with van der Waals surface area (Å²) in [5.41, 5.74) is 0.716. The predicted octanol–water partition coefficient (Wildman–Crippen LogP) is 2.26. The first-order chi connectivity index (χ1) is 15.5. The number of ether oxygens (including phenoxy) is 5. The van der Waals surface area contributed by atoms with Gasteiger partial charge >= 0.3 is 11.9 Å². The second kappa shape index (κ2) is 17.9. The molecule has 0 unspecified atom stereocenters. The van der Waals surface area contributed by atoms with Crippen LogP contribution in [0.4, 0.5) is 5.69 Å². The second-order valence-electron chi connectivity index (χ2n) is 6.71. The van der Waals surface area contributed by atoms with Crippen LogP contribution in [0.2, 0.25) is 0 Å². The Kier molecular flexibility index (Phi) is 15.3. The highest BCUT2D eigenvalue weighted by molar-refractivity contribution is 5.88. The van der Waals surface area contributed by atoms with E-state index in [1.165, 1.54) is 6.92 Å². The number of benzene rings is 1. The summed E-state index contributed by atoms with van der Waals surface area (Å²) in [5, 5.41) is 11.2. The highest BCUT2D eigenvalue weighted by atomic mass is 16.6. The number of carbonyl (C=O) groups is 3. The molecule has 0 bridgehead atoms. The van der Waals surface area contributed by atoms with Crippen LogP contribution >= 0.6 is 0 Å². The quantitative estimate of drug-likeness (QED) is 0.238. The van der Waals surface area contributed by atoms with Crippen molar-refractivity contribution in [3.05, 3.63) is 24.3 Å². The molecule has 0 atom stereocenters. The van der Waals surface area contributed by atoms with Gasteiger partial charge in [0, 0.05) is 25.5 Å². The number of rotatable bonds is 19. The Bertz CT molecular complexity index is 664. The van der Waals surface area contributed by atoms with Crippen LogP contribution in [-0.4, -0.2) is 75.8 Å². The minimum Gasteiger partial charge on any atom is -0.491 e. The molecule has 0 aliphatic rings. The first-order valence-corrected chi connectivity index (χ1v) is 10.6. The smallest absolute Gasteiger partial charge is 0.305 e. The van der Waals surface area contributed by atoms with Crippen LogP contribution in [0.5, 0.6) is 5.75 Å². The van der Waals surface area contributed by atoms with E-state index in [4.69, 9.17) is 28.8 Å². The lowest BCUT2D eigenvalue weighted by molar-refractivity contribution is -0.146. The third kappa shape index (κ3) is 16.1. The lowest BCUT2D eigenvalue weighted by Gasteiger charge is -2.09. The van der Waals surface area contributed by atoms with Crippen molar-refractivity contribution in [3.8, 4) is 5.75 Å². The number of hydrogen-bond donors (Lipinski definition) is 2. The maximum Gasteiger partial charge on any atom is 0.305 e. The number of carboxylic acids is 1. The molecule has 1 rings (SSSR count). The van der Waals surface area contributed by atoms with Gasteiger partial charge in [-0.3, -0.25) is 14.4 Å². The van der Waals surface area contributed by atoms with E-state index < -0.39 is 5.97 Å². The van der Waals surface area contributed by atoms with Crippen LogP contribution in [0.25, 0.3) is 0 Å². The van der Waals surface area contributed by atoms with Crippen molar-refractivity contribution in [1.82, 2.24) is 0 Å². The molecule has 32 heavy (non-hydrogen) atoms. The summed E-state index contributed by atoms with van der Waals surface area (Å²) in [6, 6.07) is 7.08. The van der Waals surface area contributed by atoms with Crippen LogP contribution in [0.15, 0.2) is 24.3 Å². The number of carboxylic acid groups (broad SMARTS) is 1. The molecule has 0 fully saturated rings. The number of unbranched alkanes of at least 4 members (excludes halogenated alkanes) is 1. The van der Waals surface area contributed by atoms with Crippen molar-refractivity contribution in [3.63, 3.8) is 0 Å². The van der Waals surface area contributed by atoms with Gasteiger partial charge in [-0.1, -0.05) is 0 Å². The molecule has 0 spiro atoms. The monoisotopic (exact) mass is 455 g/mol. The molecule has 0 saturated heterocycles. The van der Waals surface area contributed by atoms with E-state index >= 15 is 0 Å². The van der Waals surface area contributed by atoms with E-state index in [0.29, 0.717) is 63.9 Å². The normalized spacial score (nSPS) is 10.5. The van der Waals surface area contributed by atoms with Gasteiger partial charge in [-0.2, -0.15) is 0 Å². The number of aliphatic carboxylic acids is 1. The number of nitrogens with one attached hydrogen (secondary N) is 1. The fourth-order valence-corrected chi connectivity index (χ4v) is 2.43. The molecule has 10 heteroatoms. The highest BCUT2D eigenvalue weighted by Crippen LogP contribution is 2.15. The number of esters is 1. The van der Waals surface area contributed by atoms with Gasteiger partial charge in [0.15, 0.2) is 0 Å². The first kappa shape index (κ1) is 27.3. The summed E-state index contributed by atoms with van der Waals surface area (Å²) < 4.78 is 26.6. The zero-order valence-electron chi connectivity index (χ0n) is 18.5. The summed E-state index contributed by atoms with van der Waals surface area (Å²) in [5.74, 6) is -0.638. The van der Waals surface area contributed by atoms with Crippen molar-refractivity contribution >= 4 is 23.5 Å². The van der Waals surface area contributed by atoms with Crippen LogP contribution in [-0.2, 0) is 33.3 Å². The number of hydrogen-bond acceptors (Lipinski definition) is 8. The minimum atomic E-state index is -0.863. The molecule has 1 aromatic carbocycles. The Labute approximate surface area is 188 Å². The second-order valence-corrected chi connectivity index (χ2v) is 6.71. The molecule has 0 aliphatic heterocycles. The molecular formula is C22H33NO9. The maximum absolute atomic E-state index is 11.4. The molecule has 0 heterocycles. The molecule has 2 N–H and O–H groups in total. The van der Waals surface area contributed by atoms with Crippen LogP contribution in [0, 0.1) is 0 Å². The van der Waals surface area contributed by atoms with E-state index in [-0.39, 0.29) is 37.9 Å². The molecule has 1 aromatic rings. The Hall–Kier alpha value is -2.69. The van der Waals surface area contributed by atoms with Gasteiger partial charge in [0.2, 0.25) is 5.91 Å². The topological polar surface area (TPSA) is 130 Å². The first-order valence-electron chi connectivity index (χ1n) is 10.6. The van der Waals surface area contributed by atoms with Gasteiger partial charge in [0.25, 0.3) is 0 Å². The van der Waals surface area contributed by atoms with E-state index in [2.05, 4.69) is 5.32 Å². The molecule has 1 amide bonds. The SMILES string of the molecule is CC(=O)Nc1ccc(OCCOCCOCCOCCOC(=O)CCCCC(=O)O)cc1. The lowest BCUT2D eigenvalue weighted by atomic mass is 10.2. The number of amides is 1. The van der Waals surface area contributed by atoms with E-state index in [1.54, 1.807) is 24.3 Å². The third-order valence-electron chi connectivity index (χ3n) is 3.93. The zero-order valence-corrected chi connectivity index (χ0v) is 18.5. The standard InChI is InChI=1S/C22H33NO9/c1-18(24)23-19-6-8-20(9-7-19)31-16-14-29-12-10-28-11-13-30-15-17-32-22(27)5-3-2-4-21(25)26/h6-9H,2-5,10-17H2,1H3,(H,23,24)(H,25,26). The van der Waals surface area contributed by atoms with Gasteiger partial charge in [-0.15, -0.1) is 0 Å². The number of carbonyl (C=O) groups excluding carboxylic acids is 2. The fraction of sp³-hybridized carbons (Fsp3) is 0.591. The Balaban J connectivity index is 1.84. The molecule has 0 radical (unpaired) electrons. The molecule has 0 aromatic heterocycles. The van der Waals surface area contributed by atoms with E-state index in [1.807, 2.05) is 0 Å². The molecule has 10 nitrogen and oxygen atoms in total. The van der Waals surface area contributed by atoms with Crippen molar-refractivity contribution in [1.29, 1.82) is 0 Å². The van der Waals surface area contributed by atoms with Gasteiger partial charge in [-0.05, 0) is 37.1 Å².